The Balaban J connectivity index is 1.76. The number of aromatic nitrogens is 2. The zero-order valence-corrected chi connectivity index (χ0v) is 16.4. The second-order valence-corrected chi connectivity index (χ2v) is 7.05. The molecule has 0 unspecified atom stereocenters. The molecule has 1 aromatic carbocycles. The summed E-state index contributed by atoms with van der Waals surface area (Å²) < 4.78 is 7.52. The van der Waals surface area contributed by atoms with E-state index in [9.17, 15) is 9.59 Å². The lowest BCUT2D eigenvalue weighted by Crippen LogP contribution is -2.37. The molecule has 1 aliphatic rings. The minimum Gasteiger partial charge on any atom is -0.453 e. The second kappa shape index (κ2) is 7.90. The Morgan fingerprint density at radius 3 is 2.42 bits per heavy atom. The molecular weight excluding hydrogens is 400 g/mol. The van der Waals surface area contributed by atoms with Crippen LogP contribution in [-0.4, -0.2) is 64.9 Å². The first kappa shape index (κ1) is 18.4. The second-order valence-electron chi connectivity index (χ2n) is 6.13. The maximum absolute atomic E-state index is 12.9. The summed E-state index contributed by atoms with van der Waals surface area (Å²) in [5.41, 5.74) is 2.28. The lowest BCUT2D eigenvalue weighted by molar-refractivity contribution is 0.0756. The number of halogens is 1. The quantitative estimate of drug-likeness (QED) is 0.748. The van der Waals surface area contributed by atoms with E-state index in [0.717, 1.165) is 22.3 Å². The summed E-state index contributed by atoms with van der Waals surface area (Å²) in [6.07, 6.45) is 1.99. The van der Waals surface area contributed by atoms with Crippen molar-refractivity contribution in [1.82, 2.24) is 19.6 Å². The molecule has 0 bridgehead atoms. The number of nitrogens with zero attached hydrogens (tertiary/aromatic N) is 4. The molecular formula is C18H21BrN4O3. The lowest BCUT2D eigenvalue weighted by atomic mass is 10.2. The molecule has 7 nitrogen and oxygen atoms in total. The van der Waals surface area contributed by atoms with Crippen LogP contribution in [0.4, 0.5) is 4.79 Å². The number of ether oxygens (including phenoxy) is 1. The van der Waals surface area contributed by atoms with Crippen LogP contribution in [0.5, 0.6) is 0 Å². The van der Waals surface area contributed by atoms with Gasteiger partial charge in [0.15, 0.2) is 0 Å². The summed E-state index contributed by atoms with van der Waals surface area (Å²) in [5.74, 6) is -0.0578. The summed E-state index contributed by atoms with van der Waals surface area (Å²) in [4.78, 5) is 28.0. The summed E-state index contributed by atoms with van der Waals surface area (Å²) in [7, 11) is 1.37. The van der Waals surface area contributed by atoms with Crippen molar-refractivity contribution in [2.75, 3.05) is 33.3 Å². The molecule has 0 radical (unpaired) electrons. The van der Waals surface area contributed by atoms with E-state index in [1.165, 1.54) is 7.11 Å². The van der Waals surface area contributed by atoms with Crippen molar-refractivity contribution in [3.63, 3.8) is 0 Å². The van der Waals surface area contributed by atoms with Gasteiger partial charge in [-0.15, -0.1) is 0 Å². The van der Waals surface area contributed by atoms with Gasteiger partial charge in [0.05, 0.1) is 30.3 Å². The van der Waals surface area contributed by atoms with Crippen LogP contribution in [0, 0.1) is 6.92 Å². The van der Waals surface area contributed by atoms with Gasteiger partial charge in [0, 0.05) is 30.7 Å². The minimum atomic E-state index is -0.349. The number of rotatable bonds is 2. The average Bonchev–Trinajstić information content (AvgIpc) is 2.87. The van der Waals surface area contributed by atoms with Crippen molar-refractivity contribution >= 4 is 27.9 Å². The van der Waals surface area contributed by atoms with Crippen LogP contribution in [0.1, 0.15) is 22.5 Å². The lowest BCUT2D eigenvalue weighted by Gasteiger charge is -2.21. The first-order valence-corrected chi connectivity index (χ1v) is 9.23. The van der Waals surface area contributed by atoms with Crippen LogP contribution in [0.2, 0.25) is 0 Å². The van der Waals surface area contributed by atoms with Gasteiger partial charge >= 0.3 is 6.09 Å². The van der Waals surface area contributed by atoms with Gasteiger partial charge < -0.3 is 14.5 Å². The van der Waals surface area contributed by atoms with Crippen molar-refractivity contribution in [2.45, 2.75) is 13.3 Å². The van der Waals surface area contributed by atoms with Gasteiger partial charge in [-0.25, -0.2) is 9.48 Å². The molecule has 1 aromatic heterocycles. The Hall–Kier alpha value is -2.35. The molecule has 26 heavy (non-hydrogen) atoms. The number of hydrogen-bond donors (Lipinski definition) is 0. The third-order valence-corrected chi connectivity index (χ3v) is 5.06. The Kier molecular flexibility index (Phi) is 5.61. The fraction of sp³-hybridized carbons (Fsp3) is 0.389. The molecule has 2 amide bonds. The molecule has 0 N–H and O–H groups in total. The van der Waals surface area contributed by atoms with E-state index < -0.39 is 0 Å². The third kappa shape index (κ3) is 3.75. The van der Waals surface area contributed by atoms with Gasteiger partial charge in [-0.3, -0.25) is 4.79 Å². The number of hydrogen-bond acceptors (Lipinski definition) is 4. The minimum absolute atomic E-state index is 0.0578. The zero-order chi connectivity index (χ0) is 18.7. The normalized spacial score (nSPS) is 14.9. The highest BCUT2D eigenvalue weighted by atomic mass is 79.9. The van der Waals surface area contributed by atoms with Gasteiger partial charge in [0.25, 0.3) is 5.91 Å². The van der Waals surface area contributed by atoms with Gasteiger partial charge in [0.1, 0.15) is 0 Å². The molecule has 0 spiro atoms. The molecule has 2 aromatic rings. The van der Waals surface area contributed by atoms with E-state index >= 15 is 0 Å². The molecule has 8 heteroatoms. The highest BCUT2D eigenvalue weighted by Crippen LogP contribution is 2.19. The Morgan fingerprint density at radius 1 is 1.08 bits per heavy atom. The largest absolute Gasteiger partial charge is 0.453 e. The van der Waals surface area contributed by atoms with E-state index in [-0.39, 0.29) is 12.0 Å². The number of benzene rings is 1. The highest BCUT2D eigenvalue weighted by molar-refractivity contribution is 9.10. The monoisotopic (exact) mass is 420 g/mol. The van der Waals surface area contributed by atoms with Crippen molar-refractivity contribution in [3.05, 3.63) is 46.2 Å². The van der Waals surface area contributed by atoms with Crippen molar-refractivity contribution in [1.29, 1.82) is 0 Å². The first-order valence-electron chi connectivity index (χ1n) is 8.44. The SMILES string of the molecule is COC(=O)N1CCCN(C(=O)c2cnn(-c3ccc(Br)cc3)c2C)CC1. The summed E-state index contributed by atoms with van der Waals surface area (Å²) in [6, 6.07) is 7.76. The molecule has 1 fully saturated rings. The average molecular weight is 421 g/mol. The van der Waals surface area contributed by atoms with Gasteiger partial charge in [0.2, 0.25) is 0 Å². The Labute approximate surface area is 160 Å². The van der Waals surface area contributed by atoms with E-state index in [1.54, 1.807) is 20.7 Å². The van der Waals surface area contributed by atoms with E-state index in [2.05, 4.69) is 21.0 Å². The van der Waals surface area contributed by atoms with E-state index in [0.29, 0.717) is 31.7 Å². The van der Waals surface area contributed by atoms with Crippen molar-refractivity contribution in [3.8, 4) is 5.69 Å². The predicted octanol–water partition coefficient (Wildman–Crippen LogP) is 2.86. The molecule has 3 rings (SSSR count). The number of carbonyl (C=O) groups excluding carboxylic acids is 2. The fourth-order valence-corrected chi connectivity index (χ4v) is 3.33. The summed E-state index contributed by atoms with van der Waals surface area (Å²) >= 11 is 3.42. The molecule has 2 heterocycles. The molecule has 0 atom stereocenters. The van der Waals surface area contributed by atoms with E-state index in [4.69, 9.17) is 4.74 Å². The molecule has 1 saturated heterocycles. The topological polar surface area (TPSA) is 67.7 Å². The van der Waals surface area contributed by atoms with Gasteiger partial charge in [-0.1, -0.05) is 15.9 Å². The molecule has 1 aliphatic heterocycles. The number of methoxy groups -OCH3 is 1. The maximum atomic E-state index is 12.9. The number of carbonyl (C=O) groups is 2. The highest BCUT2D eigenvalue weighted by Gasteiger charge is 2.25. The third-order valence-electron chi connectivity index (χ3n) is 4.53. The molecule has 0 aliphatic carbocycles. The van der Waals surface area contributed by atoms with Crippen LogP contribution >= 0.6 is 15.9 Å². The smallest absolute Gasteiger partial charge is 0.409 e. The Morgan fingerprint density at radius 2 is 1.73 bits per heavy atom. The van der Waals surface area contributed by atoms with Crippen molar-refractivity contribution < 1.29 is 14.3 Å². The number of amides is 2. The van der Waals surface area contributed by atoms with E-state index in [1.807, 2.05) is 31.2 Å². The summed E-state index contributed by atoms with van der Waals surface area (Å²) in [6.45, 7) is 4.04. The fourth-order valence-electron chi connectivity index (χ4n) is 3.06. The van der Waals surface area contributed by atoms with Gasteiger partial charge in [-0.05, 0) is 37.6 Å². The van der Waals surface area contributed by atoms with Crippen LogP contribution < -0.4 is 0 Å². The van der Waals surface area contributed by atoms with Crippen LogP contribution in [0.25, 0.3) is 5.69 Å². The van der Waals surface area contributed by atoms with Crippen LogP contribution in [0.3, 0.4) is 0 Å². The Bertz CT molecular complexity index is 803. The standard InChI is InChI=1S/C18H21BrN4O3/c1-13-16(12-20-23(13)15-6-4-14(19)5-7-15)17(24)21-8-3-9-22(11-10-21)18(25)26-2/h4-7,12H,3,8-11H2,1-2H3. The first-order chi connectivity index (χ1) is 12.5. The van der Waals surface area contributed by atoms with Gasteiger partial charge in [-0.2, -0.15) is 5.10 Å². The predicted molar refractivity (Wildman–Crippen MR) is 100 cm³/mol. The van der Waals surface area contributed by atoms with Crippen LogP contribution in [0.15, 0.2) is 34.9 Å². The van der Waals surface area contributed by atoms with Crippen LogP contribution in [-0.2, 0) is 4.74 Å². The molecule has 0 saturated carbocycles. The molecule has 138 valence electrons. The van der Waals surface area contributed by atoms with Crippen molar-refractivity contribution in [2.24, 2.45) is 0 Å². The summed E-state index contributed by atoms with van der Waals surface area (Å²) in [5, 5.41) is 4.38. The zero-order valence-electron chi connectivity index (χ0n) is 14.8. The maximum Gasteiger partial charge on any atom is 0.409 e.